The van der Waals surface area contributed by atoms with Crippen molar-refractivity contribution in [3.05, 3.63) is 35.4 Å². The average Bonchev–Trinajstić information content (AvgIpc) is 2.57. The van der Waals surface area contributed by atoms with Gasteiger partial charge in [-0.2, -0.15) is 0 Å². The topological polar surface area (TPSA) is 9.23 Å². The minimum atomic E-state index is 0.182. The van der Waals surface area contributed by atoms with Gasteiger partial charge in [0.1, 0.15) is 0 Å². The molecule has 0 amide bonds. The van der Waals surface area contributed by atoms with E-state index in [1.165, 1.54) is 11.1 Å². The van der Waals surface area contributed by atoms with E-state index in [9.17, 15) is 0 Å². The predicted octanol–water partition coefficient (Wildman–Crippen LogP) is 3.57. The molecule has 2 unspecified atom stereocenters. The quantitative estimate of drug-likeness (QED) is 0.561. The number of ether oxygens (including phenoxy) is 1. The Kier molecular flexibility index (Phi) is 3.66. The van der Waals surface area contributed by atoms with E-state index in [4.69, 9.17) is 16.3 Å². The molecule has 0 radical (unpaired) electrons. The maximum Gasteiger partial charge on any atom is 0.0620 e. The Bertz CT molecular complexity index is 324. The number of alkyl halides is 1. The Morgan fingerprint density at radius 1 is 1.40 bits per heavy atom. The molecule has 1 aromatic carbocycles. The highest BCUT2D eigenvalue weighted by molar-refractivity contribution is 6.21. The van der Waals surface area contributed by atoms with E-state index in [-0.39, 0.29) is 5.38 Å². The van der Waals surface area contributed by atoms with Crippen LogP contribution in [0.4, 0.5) is 0 Å². The molecule has 15 heavy (non-hydrogen) atoms. The third-order valence-corrected chi connectivity index (χ3v) is 3.68. The van der Waals surface area contributed by atoms with Crippen LogP contribution in [0.1, 0.15) is 29.8 Å². The molecule has 1 aliphatic rings. The zero-order valence-corrected chi connectivity index (χ0v) is 9.83. The summed E-state index contributed by atoms with van der Waals surface area (Å²) in [5.74, 6) is 0.551. The van der Waals surface area contributed by atoms with E-state index in [1.807, 2.05) is 6.92 Å². The minimum absolute atomic E-state index is 0.182. The Morgan fingerprint density at radius 3 is 2.93 bits per heavy atom. The van der Waals surface area contributed by atoms with Crippen molar-refractivity contribution in [1.29, 1.82) is 0 Å². The molecule has 0 spiro atoms. The second kappa shape index (κ2) is 5.00. The van der Waals surface area contributed by atoms with Gasteiger partial charge in [-0.25, -0.2) is 0 Å². The number of halogens is 1. The first kappa shape index (κ1) is 11.0. The number of benzene rings is 1. The Labute approximate surface area is 96.4 Å². The molecule has 0 aromatic heterocycles. The van der Waals surface area contributed by atoms with Crippen molar-refractivity contribution in [3.63, 3.8) is 0 Å². The Hall–Kier alpha value is -0.530. The van der Waals surface area contributed by atoms with E-state index < -0.39 is 0 Å². The predicted molar refractivity (Wildman–Crippen MR) is 63.3 cm³/mol. The summed E-state index contributed by atoms with van der Waals surface area (Å²) in [6, 6.07) is 8.49. The normalized spacial score (nSPS) is 24.1. The highest BCUT2D eigenvalue weighted by Crippen LogP contribution is 2.42. The molecule has 0 saturated heterocycles. The summed E-state index contributed by atoms with van der Waals surface area (Å²) < 4.78 is 5.38. The van der Waals surface area contributed by atoms with Crippen LogP contribution in [-0.2, 0) is 11.2 Å². The van der Waals surface area contributed by atoms with Crippen molar-refractivity contribution in [2.75, 3.05) is 13.2 Å². The molecule has 0 aliphatic heterocycles. The van der Waals surface area contributed by atoms with E-state index in [2.05, 4.69) is 24.3 Å². The van der Waals surface area contributed by atoms with Crippen molar-refractivity contribution in [3.8, 4) is 0 Å². The first-order chi connectivity index (χ1) is 7.33. The second-order valence-corrected chi connectivity index (χ2v) is 4.52. The first-order valence-electron chi connectivity index (χ1n) is 5.62. The largest absolute Gasteiger partial charge is 0.382 e. The molecule has 1 aromatic rings. The standard InChI is InChI=1S/C13H17ClO/c1-2-15-8-7-11-9-10-5-3-4-6-12(10)13(11)14/h3-6,11,13H,2,7-9H2,1H3. The van der Waals surface area contributed by atoms with Gasteiger partial charge in [-0.05, 0) is 36.8 Å². The van der Waals surface area contributed by atoms with Crippen LogP contribution < -0.4 is 0 Å². The van der Waals surface area contributed by atoms with Crippen LogP contribution in [0.5, 0.6) is 0 Å². The molecule has 1 nitrogen and oxygen atoms in total. The van der Waals surface area contributed by atoms with Crippen molar-refractivity contribution >= 4 is 11.6 Å². The van der Waals surface area contributed by atoms with Gasteiger partial charge >= 0.3 is 0 Å². The Morgan fingerprint density at radius 2 is 2.20 bits per heavy atom. The summed E-state index contributed by atoms with van der Waals surface area (Å²) in [6.45, 7) is 3.66. The maximum absolute atomic E-state index is 6.43. The van der Waals surface area contributed by atoms with Crippen molar-refractivity contribution in [1.82, 2.24) is 0 Å². The molecule has 0 bridgehead atoms. The summed E-state index contributed by atoms with van der Waals surface area (Å²) in [7, 11) is 0. The monoisotopic (exact) mass is 224 g/mol. The van der Waals surface area contributed by atoms with Gasteiger partial charge in [0.15, 0.2) is 0 Å². The van der Waals surface area contributed by atoms with Gasteiger partial charge in [0.2, 0.25) is 0 Å². The summed E-state index contributed by atoms with van der Waals surface area (Å²) in [6.07, 6.45) is 2.17. The fraction of sp³-hybridized carbons (Fsp3) is 0.538. The lowest BCUT2D eigenvalue weighted by Gasteiger charge is -2.13. The molecule has 0 N–H and O–H groups in total. The summed E-state index contributed by atoms with van der Waals surface area (Å²) in [5, 5.41) is 0.182. The highest BCUT2D eigenvalue weighted by Gasteiger charge is 2.29. The molecule has 2 rings (SSSR count). The molecule has 0 heterocycles. The van der Waals surface area contributed by atoms with Crippen LogP contribution in [0, 0.1) is 5.92 Å². The molecular weight excluding hydrogens is 208 g/mol. The van der Waals surface area contributed by atoms with Crippen LogP contribution in [0.3, 0.4) is 0 Å². The smallest absolute Gasteiger partial charge is 0.0620 e. The number of hydrogen-bond acceptors (Lipinski definition) is 1. The van der Waals surface area contributed by atoms with Gasteiger partial charge in [-0.1, -0.05) is 24.3 Å². The average molecular weight is 225 g/mol. The minimum Gasteiger partial charge on any atom is -0.382 e. The van der Waals surface area contributed by atoms with Crippen LogP contribution in [0.25, 0.3) is 0 Å². The van der Waals surface area contributed by atoms with Crippen LogP contribution in [0.15, 0.2) is 24.3 Å². The van der Waals surface area contributed by atoms with Crippen molar-refractivity contribution in [2.45, 2.75) is 25.1 Å². The van der Waals surface area contributed by atoms with E-state index in [1.54, 1.807) is 0 Å². The van der Waals surface area contributed by atoms with E-state index in [0.717, 1.165) is 26.1 Å². The van der Waals surface area contributed by atoms with Gasteiger partial charge in [0.05, 0.1) is 5.38 Å². The molecule has 0 saturated carbocycles. The summed E-state index contributed by atoms with van der Waals surface area (Å²) >= 11 is 6.43. The van der Waals surface area contributed by atoms with Crippen molar-refractivity contribution in [2.24, 2.45) is 5.92 Å². The fourth-order valence-electron chi connectivity index (χ4n) is 2.26. The maximum atomic E-state index is 6.43. The summed E-state index contributed by atoms with van der Waals surface area (Å²) in [4.78, 5) is 0. The van der Waals surface area contributed by atoms with Gasteiger partial charge in [-0.15, -0.1) is 11.6 Å². The first-order valence-corrected chi connectivity index (χ1v) is 6.06. The van der Waals surface area contributed by atoms with Crippen LogP contribution in [-0.4, -0.2) is 13.2 Å². The molecule has 2 heteroatoms. The van der Waals surface area contributed by atoms with Gasteiger partial charge in [0, 0.05) is 13.2 Å². The zero-order chi connectivity index (χ0) is 10.7. The lowest BCUT2D eigenvalue weighted by molar-refractivity contribution is 0.132. The van der Waals surface area contributed by atoms with Crippen molar-refractivity contribution < 1.29 is 4.74 Å². The van der Waals surface area contributed by atoms with Gasteiger partial charge in [0.25, 0.3) is 0 Å². The third-order valence-electron chi connectivity index (χ3n) is 3.09. The number of fused-ring (bicyclic) bond motifs is 1. The molecular formula is C13H17ClO. The number of hydrogen-bond donors (Lipinski definition) is 0. The van der Waals surface area contributed by atoms with Gasteiger partial charge in [-0.3, -0.25) is 0 Å². The fourth-order valence-corrected chi connectivity index (χ4v) is 2.68. The molecule has 1 aliphatic carbocycles. The zero-order valence-electron chi connectivity index (χ0n) is 9.08. The lowest BCUT2D eigenvalue weighted by Crippen LogP contribution is -2.07. The molecule has 2 atom stereocenters. The highest BCUT2D eigenvalue weighted by atomic mass is 35.5. The number of rotatable bonds is 4. The lowest BCUT2D eigenvalue weighted by atomic mass is 10.0. The van der Waals surface area contributed by atoms with E-state index in [0.29, 0.717) is 5.92 Å². The third kappa shape index (κ3) is 2.35. The van der Waals surface area contributed by atoms with Gasteiger partial charge < -0.3 is 4.74 Å². The SMILES string of the molecule is CCOCCC1Cc2ccccc2C1Cl. The molecule has 0 fully saturated rings. The van der Waals surface area contributed by atoms with E-state index >= 15 is 0 Å². The second-order valence-electron chi connectivity index (χ2n) is 4.05. The van der Waals surface area contributed by atoms with Crippen LogP contribution in [0.2, 0.25) is 0 Å². The molecule has 82 valence electrons. The Balaban J connectivity index is 1.97. The van der Waals surface area contributed by atoms with Crippen LogP contribution >= 0.6 is 11.6 Å². The summed E-state index contributed by atoms with van der Waals surface area (Å²) in [5.41, 5.74) is 2.74.